The average Bonchev–Trinajstić information content (AvgIpc) is 3.30. The summed E-state index contributed by atoms with van der Waals surface area (Å²) in [6.45, 7) is 0. The summed E-state index contributed by atoms with van der Waals surface area (Å²) in [5, 5.41) is 16.5. The lowest BCUT2D eigenvalue weighted by Gasteiger charge is -2.37. The molecule has 1 fully saturated rings. The molecule has 8 heteroatoms. The van der Waals surface area contributed by atoms with Gasteiger partial charge in [0.2, 0.25) is 0 Å². The molecule has 0 amide bonds. The molecule has 8 nitrogen and oxygen atoms in total. The number of hydrogen-bond donors (Lipinski definition) is 1. The van der Waals surface area contributed by atoms with E-state index in [4.69, 9.17) is 14.2 Å². The highest BCUT2D eigenvalue weighted by Gasteiger charge is 2.39. The number of hydrogen-bond acceptors (Lipinski definition) is 7. The summed E-state index contributed by atoms with van der Waals surface area (Å²) >= 11 is 0. The van der Waals surface area contributed by atoms with Gasteiger partial charge in [0, 0.05) is 11.8 Å². The van der Waals surface area contributed by atoms with E-state index in [9.17, 15) is 0 Å². The molecular formula is C22H27N5O3. The number of nitrogens with zero attached hydrogens (tertiary/aromatic N) is 4. The van der Waals surface area contributed by atoms with Gasteiger partial charge in [-0.15, -0.1) is 5.10 Å². The van der Waals surface area contributed by atoms with Crippen molar-refractivity contribution in [2.24, 2.45) is 0 Å². The Morgan fingerprint density at radius 2 is 1.60 bits per heavy atom. The lowest BCUT2D eigenvalue weighted by molar-refractivity contribution is 0.309. The van der Waals surface area contributed by atoms with Crippen LogP contribution in [0.1, 0.15) is 37.9 Å². The van der Waals surface area contributed by atoms with Crippen molar-refractivity contribution < 1.29 is 14.2 Å². The summed E-state index contributed by atoms with van der Waals surface area (Å²) in [7, 11) is 4.91. The minimum atomic E-state index is -0.358. The van der Waals surface area contributed by atoms with E-state index in [1.807, 2.05) is 42.5 Å². The monoisotopic (exact) mass is 409 g/mol. The molecule has 30 heavy (non-hydrogen) atoms. The van der Waals surface area contributed by atoms with Gasteiger partial charge < -0.3 is 19.5 Å². The first-order valence-corrected chi connectivity index (χ1v) is 10.1. The third-order valence-electron chi connectivity index (χ3n) is 5.69. The van der Waals surface area contributed by atoms with E-state index in [0.29, 0.717) is 11.5 Å². The molecule has 1 N–H and O–H groups in total. The van der Waals surface area contributed by atoms with Gasteiger partial charge in [-0.25, -0.2) is 0 Å². The molecule has 0 aliphatic heterocycles. The van der Waals surface area contributed by atoms with Gasteiger partial charge >= 0.3 is 0 Å². The van der Waals surface area contributed by atoms with Crippen LogP contribution in [0.3, 0.4) is 0 Å². The second-order valence-electron chi connectivity index (χ2n) is 7.45. The van der Waals surface area contributed by atoms with Gasteiger partial charge in [-0.1, -0.05) is 19.3 Å². The summed E-state index contributed by atoms with van der Waals surface area (Å²) in [5.74, 6) is 2.93. The fraction of sp³-hybridized carbons (Fsp3) is 0.409. The van der Waals surface area contributed by atoms with Gasteiger partial charge in [0.1, 0.15) is 5.75 Å². The van der Waals surface area contributed by atoms with Crippen molar-refractivity contribution in [2.45, 2.75) is 37.6 Å². The molecule has 2 aromatic carbocycles. The second kappa shape index (κ2) is 8.61. The van der Waals surface area contributed by atoms with Gasteiger partial charge in [0.15, 0.2) is 17.3 Å². The second-order valence-corrected chi connectivity index (χ2v) is 7.45. The Balaban J connectivity index is 1.73. The Hall–Kier alpha value is -3.29. The molecule has 1 aliphatic carbocycles. The van der Waals surface area contributed by atoms with Crippen LogP contribution in [0.4, 0.5) is 5.69 Å². The van der Waals surface area contributed by atoms with Gasteiger partial charge in [0.05, 0.1) is 32.6 Å². The smallest absolute Gasteiger partial charge is 0.181 e. The zero-order chi connectivity index (χ0) is 21.0. The molecule has 1 aromatic heterocycles. The Bertz CT molecular complexity index is 981. The number of rotatable bonds is 7. The van der Waals surface area contributed by atoms with E-state index in [-0.39, 0.29) is 5.54 Å². The normalized spacial score (nSPS) is 15.4. The highest BCUT2D eigenvalue weighted by atomic mass is 16.5. The molecule has 0 bridgehead atoms. The van der Waals surface area contributed by atoms with Crippen LogP contribution in [0.2, 0.25) is 0 Å². The predicted octanol–water partition coefficient (Wildman–Crippen LogP) is 3.96. The Morgan fingerprint density at radius 3 is 2.27 bits per heavy atom. The molecule has 1 saturated carbocycles. The number of nitrogens with one attached hydrogen (secondary N) is 1. The van der Waals surface area contributed by atoms with Crippen LogP contribution in [0.25, 0.3) is 5.69 Å². The lowest BCUT2D eigenvalue weighted by atomic mass is 9.80. The van der Waals surface area contributed by atoms with Gasteiger partial charge in [-0.2, -0.15) is 4.68 Å². The zero-order valence-electron chi connectivity index (χ0n) is 17.6. The summed E-state index contributed by atoms with van der Waals surface area (Å²) in [4.78, 5) is 0. The summed E-state index contributed by atoms with van der Waals surface area (Å²) in [6.07, 6.45) is 5.34. The Morgan fingerprint density at radius 1 is 0.867 bits per heavy atom. The minimum Gasteiger partial charge on any atom is -0.497 e. The number of aromatic nitrogens is 4. The van der Waals surface area contributed by atoms with Crippen molar-refractivity contribution in [3.05, 3.63) is 48.3 Å². The van der Waals surface area contributed by atoms with Crippen molar-refractivity contribution in [1.29, 1.82) is 0 Å². The third kappa shape index (κ3) is 3.77. The van der Waals surface area contributed by atoms with Crippen LogP contribution in [0, 0.1) is 0 Å². The van der Waals surface area contributed by atoms with Gasteiger partial charge in [-0.3, -0.25) is 0 Å². The van der Waals surface area contributed by atoms with Crippen LogP contribution in [-0.2, 0) is 5.54 Å². The number of methoxy groups -OCH3 is 3. The Labute approximate surface area is 176 Å². The van der Waals surface area contributed by atoms with Crippen molar-refractivity contribution in [3.8, 4) is 22.9 Å². The molecule has 0 atom stereocenters. The Kier molecular flexibility index (Phi) is 5.74. The predicted molar refractivity (Wildman–Crippen MR) is 114 cm³/mol. The van der Waals surface area contributed by atoms with Gasteiger partial charge in [-0.05, 0) is 59.7 Å². The van der Waals surface area contributed by atoms with Crippen molar-refractivity contribution in [2.75, 3.05) is 26.6 Å². The first-order chi connectivity index (χ1) is 14.7. The molecule has 3 aromatic rings. The molecule has 0 saturated heterocycles. The van der Waals surface area contributed by atoms with Crippen molar-refractivity contribution in [3.63, 3.8) is 0 Å². The maximum Gasteiger partial charge on any atom is 0.181 e. The first kappa shape index (κ1) is 20.0. The topological polar surface area (TPSA) is 83.3 Å². The fourth-order valence-corrected chi connectivity index (χ4v) is 4.13. The van der Waals surface area contributed by atoms with Crippen molar-refractivity contribution >= 4 is 5.69 Å². The summed E-state index contributed by atoms with van der Waals surface area (Å²) in [5.41, 5.74) is 1.48. The largest absolute Gasteiger partial charge is 0.497 e. The standard InChI is InChI=1S/C22H27N5O3/c1-28-18-10-7-16(8-11-18)23-22(13-5-4-6-14-22)21-24-25-26-27(21)17-9-12-19(29-2)20(15-17)30-3/h7-12,15,23H,4-6,13-14H2,1-3H3. The van der Waals surface area contributed by atoms with Crippen molar-refractivity contribution in [1.82, 2.24) is 20.2 Å². The molecular weight excluding hydrogens is 382 g/mol. The molecule has 0 radical (unpaired) electrons. The molecule has 4 rings (SSSR count). The first-order valence-electron chi connectivity index (χ1n) is 10.1. The summed E-state index contributed by atoms with van der Waals surface area (Å²) in [6, 6.07) is 13.7. The quantitative estimate of drug-likeness (QED) is 0.632. The number of benzene rings is 2. The number of ether oxygens (including phenoxy) is 3. The van der Waals surface area contributed by atoms with Crippen LogP contribution >= 0.6 is 0 Å². The molecule has 1 heterocycles. The molecule has 158 valence electrons. The highest BCUT2D eigenvalue weighted by Crippen LogP contribution is 2.40. The van der Waals surface area contributed by atoms with E-state index in [1.54, 1.807) is 26.0 Å². The fourth-order valence-electron chi connectivity index (χ4n) is 4.13. The number of anilines is 1. The maximum atomic E-state index is 5.47. The molecule has 1 aliphatic rings. The van der Waals surface area contributed by atoms with E-state index in [1.165, 1.54) is 6.42 Å². The van der Waals surface area contributed by atoms with Gasteiger partial charge in [0.25, 0.3) is 0 Å². The SMILES string of the molecule is COc1ccc(NC2(c3nnnn3-c3ccc(OC)c(OC)c3)CCCCC2)cc1. The van der Waals surface area contributed by atoms with Crippen LogP contribution in [-0.4, -0.2) is 41.5 Å². The van der Waals surface area contributed by atoms with Crippen LogP contribution in [0.15, 0.2) is 42.5 Å². The van der Waals surface area contributed by atoms with Crippen LogP contribution in [0.5, 0.6) is 17.2 Å². The molecule has 0 spiro atoms. The van der Waals surface area contributed by atoms with Crippen LogP contribution < -0.4 is 19.5 Å². The van der Waals surface area contributed by atoms with E-state index in [0.717, 1.165) is 48.6 Å². The van der Waals surface area contributed by atoms with E-state index >= 15 is 0 Å². The highest BCUT2D eigenvalue weighted by molar-refractivity contribution is 5.51. The molecule has 0 unspecified atom stereocenters. The average molecular weight is 409 g/mol. The number of tetrazole rings is 1. The third-order valence-corrected chi connectivity index (χ3v) is 5.69. The minimum absolute atomic E-state index is 0.358. The van der Waals surface area contributed by atoms with E-state index in [2.05, 4.69) is 20.8 Å². The van der Waals surface area contributed by atoms with E-state index < -0.39 is 0 Å². The lowest BCUT2D eigenvalue weighted by Crippen LogP contribution is -2.40. The summed E-state index contributed by atoms with van der Waals surface area (Å²) < 4.78 is 17.9. The maximum absolute atomic E-state index is 5.47. The zero-order valence-corrected chi connectivity index (χ0v) is 17.6.